The van der Waals surface area contributed by atoms with E-state index in [2.05, 4.69) is 26.6 Å². The van der Waals surface area contributed by atoms with E-state index in [-0.39, 0.29) is 18.6 Å². The quantitative estimate of drug-likeness (QED) is 0.808. The van der Waals surface area contributed by atoms with E-state index in [0.717, 1.165) is 11.0 Å². The van der Waals surface area contributed by atoms with Crippen molar-refractivity contribution in [1.82, 2.24) is 10.6 Å². The van der Waals surface area contributed by atoms with Gasteiger partial charge in [0.2, 0.25) is 0 Å². The molecular weight excluding hydrogens is 296 g/mol. The molecule has 0 saturated heterocycles. The maximum absolute atomic E-state index is 11.5. The van der Waals surface area contributed by atoms with E-state index < -0.39 is 0 Å². The zero-order chi connectivity index (χ0) is 13.4. The average molecular weight is 315 g/mol. The number of benzene rings is 1. The zero-order valence-corrected chi connectivity index (χ0v) is 12.3. The number of rotatable bonds is 7. The molecule has 0 saturated carbocycles. The number of nitrogens with one attached hydrogen (secondary N) is 2. The van der Waals surface area contributed by atoms with Gasteiger partial charge in [0.25, 0.3) is 5.91 Å². The second kappa shape index (κ2) is 8.11. The summed E-state index contributed by atoms with van der Waals surface area (Å²) < 4.78 is 6.31. The Labute approximate surface area is 116 Å². The maximum atomic E-state index is 11.5. The molecule has 0 bridgehead atoms. The van der Waals surface area contributed by atoms with Crippen LogP contribution in [0.25, 0.3) is 0 Å². The first-order chi connectivity index (χ1) is 8.61. The lowest BCUT2D eigenvalue weighted by Crippen LogP contribution is -2.40. The van der Waals surface area contributed by atoms with E-state index >= 15 is 0 Å². The first-order valence-corrected chi connectivity index (χ1v) is 6.79. The maximum Gasteiger partial charge on any atom is 0.257 e. The standard InChI is InChI=1S/C13H19BrN2O2/c1-3-15-10(2)8-16-13(17)9-18-12-6-4-5-11(14)7-12/h4-7,10,15H,3,8-9H2,1-2H3,(H,16,17)/t10-/m1/s1. The molecule has 0 radical (unpaired) electrons. The molecular formula is C13H19BrN2O2. The van der Waals surface area contributed by atoms with Gasteiger partial charge in [0, 0.05) is 17.1 Å². The monoisotopic (exact) mass is 314 g/mol. The third kappa shape index (κ3) is 6.02. The van der Waals surface area contributed by atoms with Crippen LogP contribution in [-0.4, -0.2) is 31.6 Å². The predicted molar refractivity (Wildman–Crippen MR) is 75.8 cm³/mol. The summed E-state index contributed by atoms with van der Waals surface area (Å²) in [7, 11) is 0. The van der Waals surface area contributed by atoms with Crippen molar-refractivity contribution in [2.24, 2.45) is 0 Å². The molecule has 0 aliphatic carbocycles. The molecule has 0 spiro atoms. The second-order valence-corrected chi connectivity index (χ2v) is 4.92. The van der Waals surface area contributed by atoms with Crippen LogP contribution in [-0.2, 0) is 4.79 Å². The average Bonchev–Trinajstić information content (AvgIpc) is 2.34. The third-order valence-corrected chi connectivity index (χ3v) is 2.82. The van der Waals surface area contributed by atoms with E-state index in [4.69, 9.17) is 4.74 Å². The van der Waals surface area contributed by atoms with Gasteiger partial charge in [-0.2, -0.15) is 0 Å². The highest BCUT2D eigenvalue weighted by molar-refractivity contribution is 9.10. The Hall–Kier alpha value is -1.07. The molecule has 1 rings (SSSR count). The largest absolute Gasteiger partial charge is 0.484 e. The highest BCUT2D eigenvalue weighted by Gasteiger charge is 2.05. The van der Waals surface area contributed by atoms with Gasteiger partial charge in [-0.15, -0.1) is 0 Å². The summed E-state index contributed by atoms with van der Waals surface area (Å²) in [6, 6.07) is 7.69. The minimum Gasteiger partial charge on any atom is -0.484 e. The smallest absolute Gasteiger partial charge is 0.257 e. The number of likely N-dealkylation sites (N-methyl/N-ethyl adjacent to an activating group) is 1. The molecule has 0 fully saturated rings. The molecule has 100 valence electrons. The summed E-state index contributed by atoms with van der Waals surface area (Å²) in [4.78, 5) is 11.5. The van der Waals surface area contributed by atoms with Gasteiger partial charge in [0.1, 0.15) is 5.75 Å². The van der Waals surface area contributed by atoms with Crippen molar-refractivity contribution in [1.29, 1.82) is 0 Å². The van der Waals surface area contributed by atoms with Crippen molar-refractivity contribution >= 4 is 21.8 Å². The molecule has 1 aromatic carbocycles. The number of hydrogen-bond donors (Lipinski definition) is 2. The van der Waals surface area contributed by atoms with Crippen molar-refractivity contribution in [2.45, 2.75) is 19.9 Å². The van der Waals surface area contributed by atoms with Gasteiger partial charge in [0.05, 0.1) is 0 Å². The van der Waals surface area contributed by atoms with Crippen molar-refractivity contribution in [3.05, 3.63) is 28.7 Å². The number of ether oxygens (including phenoxy) is 1. The summed E-state index contributed by atoms with van der Waals surface area (Å²) in [5, 5.41) is 6.03. The Balaban J connectivity index is 2.25. The van der Waals surface area contributed by atoms with Crippen LogP contribution in [0, 0.1) is 0 Å². The summed E-state index contributed by atoms with van der Waals surface area (Å²) in [5.74, 6) is 0.569. The van der Waals surface area contributed by atoms with E-state index in [1.807, 2.05) is 38.1 Å². The van der Waals surface area contributed by atoms with E-state index in [1.165, 1.54) is 0 Å². The predicted octanol–water partition coefficient (Wildman–Crippen LogP) is 1.94. The highest BCUT2D eigenvalue weighted by Crippen LogP contribution is 2.17. The Morgan fingerprint density at radius 2 is 2.28 bits per heavy atom. The first-order valence-electron chi connectivity index (χ1n) is 6.00. The molecule has 1 atom stereocenters. The lowest BCUT2D eigenvalue weighted by molar-refractivity contribution is -0.123. The van der Waals surface area contributed by atoms with Gasteiger partial charge < -0.3 is 15.4 Å². The van der Waals surface area contributed by atoms with Crippen LogP contribution in [0.4, 0.5) is 0 Å². The summed E-state index contributed by atoms with van der Waals surface area (Å²) in [5.41, 5.74) is 0. The molecule has 0 aromatic heterocycles. The molecule has 0 aliphatic rings. The molecule has 2 N–H and O–H groups in total. The van der Waals surface area contributed by atoms with Crippen molar-refractivity contribution in [3.63, 3.8) is 0 Å². The fourth-order valence-electron chi connectivity index (χ4n) is 1.44. The van der Waals surface area contributed by atoms with Gasteiger partial charge in [-0.1, -0.05) is 28.9 Å². The van der Waals surface area contributed by atoms with Crippen LogP contribution in [0.15, 0.2) is 28.7 Å². The molecule has 18 heavy (non-hydrogen) atoms. The van der Waals surface area contributed by atoms with Crippen LogP contribution in [0.2, 0.25) is 0 Å². The second-order valence-electron chi connectivity index (χ2n) is 4.01. The van der Waals surface area contributed by atoms with E-state index in [9.17, 15) is 4.79 Å². The fraction of sp³-hybridized carbons (Fsp3) is 0.462. The third-order valence-electron chi connectivity index (χ3n) is 2.32. The Kier molecular flexibility index (Phi) is 6.75. The van der Waals surface area contributed by atoms with Crippen molar-refractivity contribution < 1.29 is 9.53 Å². The molecule has 0 heterocycles. The Morgan fingerprint density at radius 1 is 1.50 bits per heavy atom. The normalized spacial score (nSPS) is 11.9. The van der Waals surface area contributed by atoms with Gasteiger partial charge in [0.15, 0.2) is 6.61 Å². The minimum absolute atomic E-state index is 0.0370. The van der Waals surface area contributed by atoms with Crippen LogP contribution in [0.1, 0.15) is 13.8 Å². The van der Waals surface area contributed by atoms with Gasteiger partial charge in [-0.3, -0.25) is 4.79 Å². The van der Waals surface area contributed by atoms with Crippen LogP contribution >= 0.6 is 15.9 Å². The SMILES string of the molecule is CCN[C@H](C)CNC(=O)COc1cccc(Br)c1. The molecule has 0 aliphatic heterocycles. The molecule has 5 heteroatoms. The molecule has 1 amide bonds. The number of carbonyl (C=O) groups is 1. The van der Waals surface area contributed by atoms with Gasteiger partial charge in [-0.25, -0.2) is 0 Å². The number of halogens is 1. The van der Waals surface area contributed by atoms with E-state index in [0.29, 0.717) is 12.3 Å². The zero-order valence-electron chi connectivity index (χ0n) is 10.7. The van der Waals surface area contributed by atoms with Crippen LogP contribution in [0.3, 0.4) is 0 Å². The Bertz CT molecular complexity index is 385. The van der Waals surface area contributed by atoms with Gasteiger partial charge in [-0.05, 0) is 31.7 Å². The number of amides is 1. The Morgan fingerprint density at radius 3 is 2.94 bits per heavy atom. The first kappa shape index (κ1) is 15.0. The number of carbonyl (C=O) groups excluding carboxylic acids is 1. The van der Waals surface area contributed by atoms with Crippen molar-refractivity contribution in [3.8, 4) is 5.75 Å². The summed E-state index contributed by atoms with van der Waals surface area (Å²) >= 11 is 3.35. The van der Waals surface area contributed by atoms with Crippen LogP contribution in [0.5, 0.6) is 5.75 Å². The molecule has 1 aromatic rings. The minimum atomic E-state index is -0.111. The fourth-order valence-corrected chi connectivity index (χ4v) is 1.82. The van der Waals surface area contributed by atoms with Crippen LogP contribution < -0.4 is 15.4 Å². The molecule has 4 nitrogen and oxygen atoms in total. The topological polar surface area (TPSA) is 50.4 Å². The lowest BCUT2D eigenvalue weighted by Gasteiger charge is -2.13. The summed E-state index contributed by atoms with van der Waals surface area (Å²) in [6.45, 7) is 5.60. The number of hydrogen-bond acceptors (Lipinski definition) is 3. The summed E-state index contributed by atoms with van der Waals surface area (Å²) in [6.07, 6.45) is 0. The van der Waals surface area contributed by atoms with Crippen molar-refractivity contribution in [2.75, 3.05) is 19.7 Å². The molecule has 0 unspecified atom stereocenters. The highest BCUT2D eigenvalue weighted by atomic mass is 79.9. The van der Waals surface area contributed by atoms with Gasteiger partial charge >= 0.3 is 0 Å². The lowest BCUT2D eigenvalue weighted by atomic mass is 10.3. The van der Waals surface area contributed by atoms with E-state index in [1.54, 1.807) is 0 Å².